The zero-order chi connectivity index (χ0) is 15.6. The average molecular weight is 301 g/mol. The number of para-hydroxylation sites is 1. The van der Waals surface area contributed by atoms with Crippen LogP contribution in [0.1, 0.15) is 32.1 Å². The first-order chi connectivity index (χ1) is 11.3. The summed E-state index contributed by atoms with van der Waals surface area (Å²) in [6.45, 7) is 0. The van der Waals surface area contributed by atoms with Crippen molar-refractivity contribution in [2.24, 2.45) is 0 Å². The fraction of sp³-hybridized carbons (Fsp3) is 0. The monoisotopic (exact) mass is 301 g/mol. The third kappa shape index (κ3) is 1.46. The van der Waals surface area contributed by atoms with E-state index in [1.807, 2.05) is 30.5 Å². The lowest BCUT2D eigenvalue weighted by Gasteiger charge is -2.11. The molecule has 0 bridgehead atoms. The Labute approximate surface area is 130 Å². The van der Waals surface area contributed by atoms with Crippen LogP contribution in [0.15, 0.2) is 48.9 Å². The Kier molecular flexibility index (Phi) is 2.18. The molecular weight excluding hydrogens is 290 g/mol. The number of nitrogens with one attached hydrogen (secondary N) is 3. The molecule has 110 valence electrons. The van der Waals surface area contributed by atoms with Crippen LogP contribution in [0, 0.1) is 0 Å². The average Bonchev–Trinajstić information content (AvgIpc) is 3.28. The number of fused-ring (bicyclic) bond motifs is 3. The van der Waals surface area contributed by atoms with Crippen molar-refractivity contribution in [3.8, 4) is 11.1 Å². The minimum absolute atomic E-state index is 0.127. The quantitative estimate of drug-likeness (QED) is 0.444. The number of rotatable bonds is 1. The first-order valence-corrected chi connectivity index (χ1v) is 7.30. The molecule has 0 radical (unpaired) electrons. The molecule has 0 saturated heterocycles. The van der Waals surface area contributed by atoms with Gasteiger partial charge in [-0.1, -0.05) is 18.2 Å². The molecule has 0 amide bonds. The number of H-pyrrole nitrogens is 3. The Hall–Kier alpha value is -3.34. The second kappa shape index (κ2) is 4.10. The van der Waals surface area contributed by atoms with Crippen molar-refractivity contribution >= 4 is 22.5 Å². The zero-order valence-corrected chi connectivity index (χ0v) is 11.9. The van der Waals surface area contributed by atoms with Crippen LogP contribution < -0.4 is 0 Å². The van der Waals surface area contributed by atoms with Crippen molar-refractivity contribution in [2.75, 3.05) is 0 Å². The van der Waals surface area contributed by atoms with Crippen molar-refractivity contribution in [3.05, 3.63) is 71.4 Å². The topological polar surface area (TPSA) is 81.5 Å². The van der Waals surface area contributed by atoms with Gasteiger partial charge >= 0.3 is 0 Å². The molecule has 1 aliphatic carbocycles. The van der Waals surface area contributed by atoms with Gasteiger partial charge in [0.2, 0.25) is 5.78 Å². The lowest BCUT2D eigenvalue weighted by molar-refractivity contribution is 0.0975. The summed E-state index contributed by atoms with van der Waals surface area (Å²) in [5.74, 6) is -0.303. The first-order valence-electron chi connectivity index (χ1n) is 7.30. The van der Waals surface area contributed by atoms with E-state index < -0.39 is 0 Å². The Balaban J connectivity index is 1.80. The highest BCUT2D eigenvalue weighted by molar-refractivity contribution is 6.29. The molecular formula is C18H11N3O2. The molecule has 5 heteroatoms. The lowest BCUT2D eigenvalue weighted by Crippen LogP contribution is -2.19. The first kappa shape index (κ1) is 12.2. The van der Waals surface area contributed by atoms with Crippen LogP contribution in [0.5, 0.6) is 0 Å². The smallest absolute Gasteiger partial charge is 0.226 e. The Morgan fingerprint density at radius 1 is 0.696 bits per heavy atom. The standard InChI is InChI=1S/C18H11N3O2/c22-17-10-5-6-19-15(10)18(23)16-14(17)12(8-21-16)11-7-20-13-4-2-1-3-9(11)13/h1-8,19-21H. The number of carbonyl (C=O) groups excluding carboxylic acids is 2. The molecule has 23 heavy (non-hydrogen) atoms. The largest absolute Gasteiger partial charge is 0.361 e. The zero-order valence-electron chi connectivity index (χ0n) is 11.9. The van der Waals surface area contributed by atoms with E-state index in [0.717, 1.165) is 22.0 Å². The van der Waals surface area contributed by atoms with Crippen LogP contribution in [0.3, 0.4) is 0 Å². The van der Waals surface area contributed by atoms with Gasteiger partial charge in [0.1, 0.15) is 5.69 Å². The van der Waals surface area contributed by atoms with Crippen LogP contribution in [-0.4, -0.2) is 26.5 Å². The summed E-state index contributed by atoms with van der Waals surface area (Å²) >= 11 is 0. The molecule has 5 nitrogen and oxygen atoms in total. The van der Waals surface area contributed by atoms with E-state index in [0.29, 0.717) is 22.5 Å². The number of ketones is 2. The summed E-state index contributed by atoms with van der Waals surface area (Å²) in [7, 11) is 0. The van der Waals surface area contributed by atoms with E-state index >= 15 is 0 Å². The number of benzene rings is 1. The Morgan fingerprint density at radius 3 is 2.43 bits per heavy atom. The molecule has 4 aromatic rings. The maximum Gasteiger partial charge on any atom is 0.226 e. The SMILES string of the molecule is O=C1c2[nH]ccc2C(=O)c2c(-c3c[nH]c4ccccc34)c[nH]c21. The molecule has 0 aliphatic heterocycles. The maximum atomic E-state index is 12.8. The Morgan fingerprint density at radius 2 is 1.52 bits per heavy atom. The fourth-order valence-electron chi connectivity index (χ4n) is 3.35. The Bertz CT molecular complexity index is 1110. The number of aromatic nitrogens is 3. The van der Waals surface area contributed by atoms with Gasteiger partial charge < -0.3 is 15.0 Å². The number of carbonyl (C=O) groups is 2. The van der Waals surface area contributed by atoms with E-state index in [9.17, 15) is 9.59 Å². The van der Waals surface area contributed by atoms with Crippen LogP contribution in [0.4, 0.5) is 0 Å². The van der Waals surface area contributed by atoms with Gasteiger partial charge in [0, 0.05) is 40.6 Å². The molecule has 0 fully saturated rings. The third-order valence-corrected chi connectivity index (χ3v) is 4.43. The molecule has 5 rings (SSSR count). The van der Waals surface area contributed by atoms with E-state index in [1.54, 1.807) is 18.5 Å². The normalized spacial score (nSPS) is 13.4. The van der Waals surface area contributed by atoms with Crippen molar-refractivity contribution in [1.82, 2.24) is 15.0 Å². The van der Waals surface area contributed by atoms with Crippen molar-refractivity contribution in [2.45, 2.75) is 0 Å². The van der Waals surface area contributed by atoms with Gasteiger partial charge in [-0.3, -0.25) is 9.59 Å². The van der Waals surface area contributed by atoms with Crippen molar-refractivity contribution in [3.63, 3.8) is 0 Å². The van der Waals surface area contributed by atoms with Gasteiger partial charge in [0.25, 0.3) is 0 Å². The number of hydrogen-bond donors (Lipinski definition) is 3. The molecule has 3 heterocycles. The molecule has 0 spiro atoms. The highest BCUT2D eigenvalue weighted by Gasteiger charge is 2.34. The van der Waals surface area contributed by atoms with Crippen LogP contribution in [0.2, 0.25) is 0 Å². The summed E-state index contributed by atoms with van der Waals surface area (Å²) in [4.78, 5) is 34.4. The van der Waals surface area contributed by atoms with Gasteiger partial charge in [-0.25, -0.2) is 0 Å². The van der Waals surface area contributed by atoms with Gasteiger partial charge in [-0.2, -0.15) is 0 Å². The maximum absolute atomic E-state index is 12.8. The van der Waals surface area contributed by atoms with Gasteiger partial charge in [0.05, 0.1) is 16.8 Å². The van der Waals surface area contributed by atoms with Gasteiger partial charge in [-0.05, 0) is 12.1 Å². The van der Waals surface area contributed by atoms with Crippen molar-refractivity contribution in [1.29, 1.82) is 0 Å². The van der Waals surface area contributed by atoms with E-state index in [4.69, 9.17) is 0 Å². The molecule has 0 saturated carbocycles. The minimum atomic E-state index is -0.175. The lowest BCUT2D eigenvalue weighted by atomic mass is 9.89. The number of aromatic amines is 3. The second-order valence-corrected chi connectivity index (χ2v) is 5.62. The predicted octanol–water partition coefficient (Wildman–Crippen LogP) is 3.27. The predicted molar refractivity (Wildman–Crippen MR) is 85.7 cm³/mol. The van der Waals surface area contributed by atoms with Crippen LogP contribution in [-0.2, 0) is 0 Å². The molecule has 0 unspecified atom stereocenters. The van der Waals surface area contributed by atoms with Gasteiger partial charge in [0.15, 0.2) is 5.78 Å². The molecule has 0 atom stereocenters. The minimum Gasteiger partial charge on any atom is -0.361 e. The third-order valence-electron chi connectivity index (χ3n) is 4.43. The van der Waals surface area contributed by atoms with Crippen LogP contribution in [0.25, 0.3) is 22.0 Å². The molecule has 3 aromatic heterocycles. The van der Waals surface area contributed by atoms with E-state index in [1.165, 1.54) is 0 Å². The molecule has 1 aromatic carbocycles. The summed E-state index contributed by atoms with van der Waals surface area (Å²) < 4.78 is 0. The summed E-state index contributed by atoms with van der Waals surface area (Å²) in [6, 6.07) is 9.54. The molecule has 1 aliphatic rings. The summed E-state index contributed by atoms with van der Waals surface area (Å²) in [6.07, 6.45) is 5.23. The summed E-state index contributed by atoms with van der Waals surface area (Å²) in [5.41, 5.74) is 4.25. The van der Waals surface area contributed by atoms with E-state index in [2.05, 4.69) is 15.0 Å². The summed E-state index contributed by atoms with van der Waals surface area (Å²) in [5, 5.41) is 1.02. The van der Waals surface area contributed by atoms with Crippen LogP contribution >= 0.6 is 0 Å². The van der Waals surface area contributed by atoms with Crippen molar-refractivity contribution < 1.29 is 9.59 Å². The molecule has 3 N–H and O–H groups in total. The van der Waals surface area contributed by atoms with E-state index in [-0.39, 0.29) is 11.6 Å². The fourth-order valence-corrected chi connectivity index (χ4v) is 3.35. The second-order valence-electron chi connectivity index (χ2n) is 5.62. The number of hydrogen-bond acceptors (Lipinski definition) is 2. The highest BCUT2D eigenvalue weighted by atomic mass is 16.1. The van der Waals surface area contributed by atoms with Gasteiger partial charge in [-0.15, -0.1) is 0 Å². The highest BCUT2D eigenvalue weighted by Crippen LogP contribution is 2.36.